The SMILES string of the molecule is O=C1C(NS(=O)(=O)Cc2ccc(F)cc2)CCN1Cc1ccccc1. The number of rotatable bonds is 6. The van der Waals surface area contributed by atoms with Crippen LogP contribution in [0.25, 0.3) is 0 Å². The van der Waals surface area contributed by atoms with Gasteiger partial charge < -0.3 is 4.90 Å². The van der Waals surface area contributed by atoms with E-state index < -0.39 is 21.9 Å². The molecule has 0 spiro atoms. The van der Waals surface area contributed by atoms with Crippen LogP contribution in [0.4, 0.5) is 4.39 Å². The summed E-state index contributed by atoms with van der Waals surface area (Å²) in [5.74, 6) is -0.918. The zero-order chi connectivity index (χ0) is 17.9. The van der Waals surface area contributed by atoms with Crippen molar-refractivity contribution in [1.29, 1.82) is 0 Å². The van der Waals surface area contributed by atoms with Gasteiger partial charge in [0.25, 0.3) is 0 Å². The quantitative estimate of drug-likeness (QED) is 0.855. The lowest BCUT2D eigenvalue weighted by atomic mass is 10.2. The fourth-order valence-electron chi connectivity index (χ4n) is 2.87. The predicted octanol–water partition coefficient (Wildman–Crippen LogP) is 2.05. The standard InChI is InChI=1S/C18H19FN2O3S/c19-16-8-6-15(7-9-16)13-25(23,24)20-17-10-11-21(18(17)22)12-14-4-2-1-3-5-14/h1-9,17,20H,10-13H2. The largest absolute Gasteiger partial charge is 0.337 e. The maximum Gasteiger partial charge on any atom is 0.241 e. The summed E-state index contributed by atoms with van der Waals surface area (Å²) < 4.78 is 39.9. The van der Waals surface area contributed by atoms with Crippen molar-refractivity contribution in [2.45, 2.75) is 24.8 Å². The first-order chi connectivity index (χ1) is 11.9. The second-order valence-corrected chi connectivity index (χ2v) is 7.84. The molecule has 1 heterocycles. The molecule has 1 amide bonds. The van der Waals surface area contributed by atoms with Crippen LogP contribution in [0.1, 0.15) is 17.5 Å². The summed E-state index contributed by atoms with van der Waals surface area (Å²) in [6.07, 6.45) is 0.439. The molecule has 1 fully saturated rings. The molecule has 2 aromatic rings. The third kappa shape index (κ3) is 4.64. The van der Waals surface area contributed by atoms with Crippen LogP contribution in [-0.2, 0) is 27.1 Å². The summed E-state index contributed by atoms with van der Waals surface area (Å²) in [4.78, 5) is 14.1. The van der Waals surface area contributed by atoms with Crippen molar-refractivity contribution in [2.24, 2.45) is 0 Å². The number of nitrogens with one attached hydrogen (secondary N) is 1. The Hall–Kier alpha value is -2.25. The number of sulfonamides is 1. The van der Waals surface area contributed by atoms with Gasteiger partial charge in [-0.25, -0.2) is 17.5 Å². The number of benzene rings is 2. The van der Waals surface area contributed by atoms with E-state index in [0.29, 0.717) is 25.1 Å². The van der Waals surface area contributed by atoms with E-state index in [0.717, 1.165) is 5.56 Å². The molecule has 1 atom stereocenters. The summed E-state index contributed by atoms with van der Waals surface area (Å²) >= 11 is 0. The molecular weight excluding hydrogens is 343 g/mol. The van der Waals surface area contributed by atoms with Crippen molar-refractivity contribution in [3.8, 4) is 0 Å². The Morgan fingerprint density at radius 1 is 1.04 bits per heavy atom. The van der Waals surface area contributed by atoms with Crippen molar-refractivity contribution < 1.29 is 17.6 Å². The maximum atomic E-state index is 12.9. The third-order valence-corrected chi connectivity index (χ3v) is 5.46. The smallest absolute Gasteiger partial charge is 0.241 e. The minimum atomic E-state index is -3.68. The molecule has 1 aliphatic rings. The average Bonchev–Trinajstić information content (AvgIpc) is 2.90. The molecule has 132 valence electrons. The Labute approximate surface area is 146 Å². The second kappa shape index (κ2) is 7.33. The lowest BCUT2D eigenvalue weighted by Gasteiger charge is -2.17. The second-order valence-electron chi connectivity index (χ2n) is 6.09. The van der Waals surface area contributed by atoms with Crippen molar-refractivity contribution in [2.75, 3.05) is 6.54 Å². The molecule has 1 saturated heterocycles. The van der Waals surface area contributed by atoms with Crippen LogP contribution in [-0.4, -0.2) is 31.8 Å². The zero-order valence-corrected chi connectivity index (χ0v) is 14.4. The molecule has 2 aromatic carbocycles. The van der Waals surface area contributed by atoms with Gasteiger partial charge in [-0.15, -0.1) is 0 Å². The molecule has 0 saturated carbocycles. The van der Waals surface area contributed by atoms with Gasteiger partial charge in [-0.3, -0.25) is 4.79 Å². The Bertz CT molecular complexity index is 838. The number of carbonyl (C=O) groups is 1. The van der Waals surface area contributed by atoms with Gasteiger partial charge in [-0.1, -0.05) is 42.5 Å². The Morgan fingerprint density at radius 3 is 2.40 bits per heavy atom. The van der Waals surface area contributed by atoms with Crippen molar-refractivity contribution in [1.82, 2.24) is 9.62 Å². The highest BCUT2D eigenvalue weighted by Crippen LogP contribution is 2.17. The maximum absolute atomic E-state index is 12.9. The fraction of sp³-hybridized carbons (Fsp3) is 0.278. The first-order valence-electron chi connectivity index (χ1n) is 8.00. The molecule has 1 N–H and O–H groups in total. The van der Waals surface area contributed by atoms with E-state index in [4.69, 9.17) is 0 Å². The minimum Gasteiger partial charge on any atom is -0.337 e. The summed E-state index contributed by atoms with van der Waals surface area (Å²) in [5.41, 5.74) is 1.48. The first kappa shape index (κ1) is 17.6. The number of halogens is 1. The Balaban J connectivity index is 1.61. The number of hydrogen-bond donors (Lipinski definition) is 1. The molecule has 25 heavy (non-hydrogen) atoms. The number of likely N-dealkylation sites (tertiary alicyclic amines) is 1. The van der Waals surface area contributed by atoms with Crippen LogP contribution in [0.2, 0.25) is 0 Å². The minimum absolute atomic E-state index is 0.216. The third-order valence-electron chi connectivity index (χ3n) is 4.11. The Kier molecular flexibility index (Phi) is 5.15. The molecule has 3 rings (SSSR count). The average molecular weight is 362 g/mol. The van der Waals surface area contributed by atoms with Gasteiger partial charge in [-0.05, 0) is 29.7 Å². The summed E-state index contributed by atoms with van der Waals surface area (Å²) in [5, 5.41) is 0. The van der Waals surface area contributed by atoms with Gasteiger partial charge in [0.2, 0.25) is 15.9 Å². The van der Waals surface area contributed by atoms with Crippen LogP contribution in [0.5, 0.6) is 0 Å². The normalized spacial score (nSPS) is 17.9. The Morgan fingerprint density at radius 2 is 1.72 bits per heavy atom. The van der Waals surface area contributed by atoms with Gasteiger partial charge >= 0.3 is 0 Å². The van der Waals surface area contributed by atoms with E-state index in [9.17, 15) is 17.6 Å². The molecule has 0 bridgehead atoms. The van der Waals surface area contributed by atoms with E-state index in [2.05, 4.69) is 4.72 Å². The molecule has 0 aromatic heterocycles. The van der Waals surface area contributed by atoms with Gasteiger partial charge in [0.1, 0.15) is 11.9 Å². The van der Waals surface area contributed by atoms with Crippen molar-refractivity contribution in [3.05, 3.63) is 71.5 Å². The van der Waals surface area contributed by atoms with Crippen LogP contribution in [0.15, 0.2) is 54.6 Å². The predicted molar refractivity (Wildman–Crippen MR) is 92.4 cm³/mol. The van der Waals surface area contributed by atoms with E-state index in [-0.39, 0.29) is 11.7 Å². The lowest BCUT2D eigenvalue weighted by Crippen LogP contribution is -2.41. The summed E-state index contributed by atoms with van der Waals surface area (Å²) in [6.45, 7) is 0.979. The van der Waals surface area contributed by atoms with E-state index >= 15 is 0 Å². The zero-order valence-electron chi connectivity index (χ0n) is 13.6. The number of hydrogen-bond acceptors (Lipinski definition) is 3. The topological polar surface area (TPSA) is 66.5 Å². The first-order valence-corrected chi connectivity index (χ1v) is 9.65. The van der Waals surface area contributed by atoms with Crippen LogP contribution in [0, 0.1) is 5.82 Å². The molecule has 1 unspecified atom stereocenters. The van der Waals surface area contributed by atoms with E-state index in [1.165, 1.54) is 24.3 Å². The van der Waals surface area contributed by atoms with Crippen molar-refractivity contribution in [3.63, 3.8) is 0 Å². The van der Waals surface area contributed by atoms with E-state index in [1.807, 2.05) is 30.3 Å². The van der Waals surface area contributed by atoms with Gasteiger partial charge in [0.05, 0.1) is 5.75 Å². The van der Waals surface area contributed by atoms with Crippen LogP contribution < -0.4 is 4.72 Å². The van der Waals surface area contributed by atoms with E-state index in [1.54, 1.807) is 4.90 Å². The fourth-order valence-corrected chi connectivity index (χ4v) is 4.23. The highest BCUT2D eigenvalue weighted by atomic mass is 32.2. The van der Waals surface area contributed by atoms with Crippen LogP contribution in [0.3, 0.4) is 0 Å². The number of nitrogens with zero attached hydrogens (tertiary/aromatic N) is 1. The van der Waals surface area contributed by atoms with Gasteiger partial charge in [0, 0.05) is 13.1 Å². The van der Waals surface area contributed by atoms with Gasteiger partial charge in [-0.2, -0.15) is 0 Å². The molecule has 5 nitrogen and oxygen atoms in total. The molecule has 7 heteroatoms. The number of carbonyl (C=O) groups excluding carboxylic acids is 1. The summed E-state index contributed by atoms with van der Waals surface area (Å²) in [6, 6.07) is 14.1. The molecule has 0 radical (unpaired) electrons. The highest BCUT2D eigenvalue weighted by Gasteiger charge is 2.34. The lowest BCUT2D eigenvalue weighted by molar-refractivity contribution is -0.129. The van der Waals surface area contributed by atoms with Crippen molar-refractivity contribution >= 4 is 15.9 Å². The highest BCUT2D eigenvalue weighted by molar-refractivity contribution is 7.88. The number of amides is 1. The molecule has 0 aliphatic carbocycles. The van der Waals surface area contributed by atoms with Gasteiger partial charge in [0.15, 0.2) is 0 Å². The molecule has 1 aliphatic heterocycles. The van der Waals surface area contributed by atoms with Crippen LogP contribution >= 0.6 is 0 Å². The summed E-state index contributed by atoms with van der Waals surface area (Å²) in [7, 11) is -3.68. The monoisotopic (exact) mass is 362 g/mol. The molecular formula is C18H19FN2O3S.